The van der Waals surface area contributed by atoms with E-state index in [9.17, 15) is 4.39 Å². The van der Waals surface area contributed by atoms with E-state index in [1.54, 1.807) is 18.2 Å². The molecule has 0 saturated heterocycles. The van der Waals surface area contributed by atoms with E-state index in [1.807, 2.05) is 0 Å². The van der Waals surface area contributed by atoms with Gasteiger partial charge in [-0.05, 0) is 30.3 Å². The van der Waals surface area contributed by atoms with Gasteiger partial charge in [-0.15, -0.1) is 0 Å². The lowest BCUT2D eigenvalue weighted by molar-refractivity contribution is 0.305. The predicted molar refractivity (Wildman–Crippen MR) is 82.4 cm³/mol. The topological polar surface area (TPSA) is 67.8 Å². The average molecular weight is 374 g/mol. The van der Waals surface area contributed by atoms with Crippen molar-refractivity contribution < 1.29 is 14.3 Å². The van der Waals surface area contributed by atoms with Gasteiger partial charge in [-0.3, -0.25) is 0 Å². The number of nitrogens with two attached hydrogens (primary N) is 1. The van der Waals surface area contributed by atoms with Crippen LogP contribution in [0.3, 0.4) is 0 Å². The van der Waals surface area contributed by atoms with Gasteiger partial charge in [0.1, 0.15) is 18.2 Å². The molecular weight excluding hydrogens is 363 g/mol. The van der Waals surface area contributed by atoms with Gasteiger partial charge in [-0.1, -0.05) is 38.8 Å². The molecule has 0 aromatic heterocycles. The van der Waals surface area contributed by atoms with E-state index >= 15 is 0 Å². The van der Waals surface area contributed by atoms with Crippen LogP contribution in [0, 0.1) is 5.82 Å². The molecule has 110 valence electrons. The van der Waals surface area contributed by atoms with Crippen molar-refractivity contribution in [3.05, 3.63) is 62.8 Å². The van der Waals surface area contributed by atoms with E-state index in [4.69, 9.17) is 27.3 Å². The van der Waals surface area contributed by atoms with Crippen LogP contribution in [-0.4, -0.2) is 11.0 Å². The number of ether oxygens (including phenoxy) is 1. The van der Waals surface area contributed by atoms with Crippen molar-refractivity contribution in [1.82, 2.24) is 0 Å². The lowest BCUT2D eigenvalue weighted by Crippen LogP contribution is -2.12. The minimum Gasteiger partial charge on any atom is -0.487 e. The SMILES string of the molecule is NC(=NO)c1ccc(OCc2ccc(F)cc2Br)c(Cl)c1. The Morgan fingerprint density at radius 3 is 2.71 bits per heavy atom. The molecule has 3 N–H and O–H groups in total. The van der Waals surface area contributed by atoms with Crippen molar-refractivity contribution in [2.45, 2.75) is 6.61 Å². The summed E-state index contributed by atoms with van der Waals surface area (Å²) in [4.78, 5) is 0. The summed E-state index contributed by atoms with van der Waals surface area (Å²) in [5.41, 5.74) is 6.74. The molecule has 0 amide bonds. The monoisotopic (exact) mass is 372 g/mol. The third kappa shape index (κ3) is 3.86. The lowest BCUT2D eigenvalue weighted by atomic mass is 10.2. The standard InChI is InChI=1S/C14H11BrClFN2O2/c15-11-6-10(17)3-1-9(11)7-21-13-4-2-8(5-12(13)16)14(18)19-20/h1-6,20H,7H2,(H2,18,19). The van der Waals surface area contributed by atoms with Crippen LogP contribution in [0.4, 0.5) is 4.39 Å². The minimum atomic E-state index is -0.327. The van der Waals surface area contributed by atoms with Crippen molar-refractivity contribution in [3.63, 3.8) is 0 Å². The normalized spacial score (nSPS) is 11.5. The molecule has 0 unspecified atom stereocenters. The molecule has 0 aliphatic carbocycles. The highest BCUT2D eigenvalue weighted by atomic mass is 79.9. The Balaban J connectivity index is 2.13. The Hall–Kier alpha value is -1.79. The molecular formula is C14H11BrClFN2O2. The maximum Gasteiger partial charge on any atom is 0.170 e. The Labute approximate surface area is 134 Å². The molecule has 2 aromatic rings. The lowest BCUT2D eigenvalue weighted by Gasteiger charge is -2.10. The molecule has 2 aromatic carbocycles. The van der Waals surface area contributed by atoms with Gasteiger partial charge >= 0.3 is 0 Å². The van der Waals surface area contributed by atoms with E-state index in [-0.39, 0.29) is 18.3 Å². The molecule has 0 heterocycles. The van der Waals surface area contributed by atoms with Gasteiger partial charge in [-0.25, -0.2) is 4.39 Å². The zero-order chi connectivity index (χ0) is 15.4. The largest absolute Gasteiger partial charge is 0.487 e. The van der Waals surface area contributed by atoms with Gasteiger partial charge in [-0.2, -0.15) is 0 Å². The van der Waals surface area contributed by atoms with Gasteiger partial charge in [0.2, 0.25) is 0 Å². The molecule has 0 aliphatic rings. The molecule has 0 radical (unpaired) electrons. The Morgan fingerprint density at radius 2 is 2.10 bits per heavy atom. The maximum atomic E-state index is 13.0. The third-order valence-corrected chi connectivity index (χ3v) is 3.77. The molecule has 0 saturated carbocycles. The zero-order valence-electron chi connectivity index (χ0n) is 10.7. The van der Waals surface area contributed by atoms with Gasteiger partial charge < -0.3 is 15.7 Å². The highest BCUT2D eigenvalue weighted by Gasteiger charge is 2.08. The van der Waals surface area contributed by atoms with E-state index in [2.05, 4.69) is 21.1 Å². The van der Waals surface area contributed by atoms with Crippen molar-refractivity contribution >= 4 is 33.4 Å². The summed E-state index contributed by atoms with van der Waals surface area (Å²) < 4.78 is 19.2. The second-order valence-electron chi connectivity index (χ2n) is 4.15. The first-order valence-electron chi connectivity index (χ1n) is 5.85. The van der Waals surface area contributed by atoms with Crippen molar-refractivity contribution in [1.29, 1.82) is 0 Å². The molecule has 0 bridgehead atoms. The summed E-state index contributed by atoms with van der Waals surface area (Å²) in [5.74, 6) is 0.0823. The van der Waals surface area contributed by atoms with E-state index < -0.39 is 0 Å². The molecule has 0 fully saturated rings. The molecule has 7 heteroatoms. The van der Waals surface area contributed by atoms with Crippen LogP contribution in [0.25, 0.3) is 0 Å². The number of halogens is 3. The Bertz CT molecular complexity index is 695. The minimum absolute atomic E-state index is 0.0373. The van der Waals surface area contributed by atoms with Crippen molar-refractivity contribution in [2.75, 3.05) is 0 Å². The first-order chi connectivity index (χ1) is 10.0. The molecule has 21 heavy (non-hydrogen) atoms. The van der Waals surface area contributed by atoms with Crippen LogP contribution in [0.15, 0.2) is 46.0 Å². The number of rotatable bonds is 4. The highest BCUT2D eigenvalue weighted by Crippen LogP contribution is 2.27. The van der Waals surface area contributed by atoms with Crippen molar-refractivity contribution in [2.24, 2.45) is 10.9 Å². The van der Waals surface area contributed by atoms with Crippen LogP contribution in [0.1, 0.15) is 11.1 Å². The average Bonchev–Trinajstić information content (AvgIpc) is 2.46. The molecule has 0 spiro atoms. The van der Waals surface area contributed by atoms with E-state index in [0.29, 0.717) is 20.8 Å². The van der Waals surface area contributed by atoms with Gasteiger partial charge in [0.05, 0.1) is 5.02 Å². The number of hydrogen-bond donors (Lipinski definition) is 2. The molecule has 0 aliphatic heterocycles. The van der Waals surface area contributed by atoms with Crippen LogP contribution >= 0.6 is 27.5 Å². The summed E-state index contributed by atoms with van der Waals surface area (Å²) in [5, 5.41) is 11.8. The fourth-order valence-electron chi connectivity index (χ4n) is 1.63. The van der Waals surface area contributed by atoms with Gasteiger partial charge in [0, 0.05) is 15.6 Å². The second-order valence-corrected chi connectivity index (χ2v) is 5.42. The summed E-state index contributed by atoms with van der Waals surface area (Å²) in [7, 11) is 0. The van der Waals surface area contributed by atoms with Crippen LogP contribution in [0.2, 0.25) is 5.02 Å². The number of nitrogens with zero attached hydrogens (tertiary/aromatic N) is 1. The van der Waals surface area contributed by atoms with Crippen LogP contribution < -0.4 is 10.5 Å². The van der Waals surface area contributed by atoms with Crippen LogP contribution in [-0.2, 0) is 6.61 Å². The van der Waals surface area contributed by atoms with E-state index in [1.165, 1.54) is 18.2 Å². The molecule has 0 atom stereocenters. The summed E-state index contributed by atoms with van der Waals surface area (Å²) >= 11 is 9.34. The third-order valence-electron chi connectivity index (χ3n) is 2.73. The fourth-order valence-corrected chi connectivity index (χ4v) is 2.33. The summed E-state index contributed by atoms with van der Waals surface area (Å²) in [6, 6.07) is 9.11. The van der Waals surface area contributed by atoms with Crippen molar-refractivity contribution in [3.8, 4) is 5.75 Å². The summed E-state index contributed by atoms with van der Waals surface area (Å²) in [6.45, 7) is 0.226. The number of hydrogen-bond acceptors (Lipinski definition) is 3. The van der Waals surface area contributed by atoms with E-state index in [0.717, 1.165) is 5.56 Å². The first kappa shape index (κ1) is 15.6. The van der Waals surface area contributed by atoms with Gasteiger partial charge in [0.25, 0.3) is 0 Å². The smallest absolute Gasteiger partial charge is 0.170 e. The predicted octanol–water partition coefficient (Wildman–Crippen LogP) is 3.92. The maximum absolute atomic E-state index is 13.0. The molecule has 4 nitrogen and oxygen atoms in total. The van der Waals surface area contributed by atoms with Crippen LogP contribution in [0.5, 0.6) is 5.75 Å². The fraction of sp³-hybridized carbons (Fsp3) is 0.0714. The van der Waals surface area contributed by atoms with Gasteiger partial charge in [0.15, 0.2) is 5.84 Å². The number of amidine groups is 1. The number of oxime groups is 1. The second kappa shape index (κ2) is 6.78. The highest BCUT2D eigenvalue weighted by molar-refractivity contribution is 9.10. The first-order valence-corrected chi connectivity index (χ1v) is 7.02. The quantitative estimate of drug-likeness (QED) is 0.369. The number of benzene rings is 2. The Morgan fingerprint density at radius 1 is 1.33 bits per heavy atom. The Kier molecular flexibility index (Phi) is 5.03. The summed E-state index contributed by atoms with van der Waals surface area (Å²) in [6.07, 6.45) is 0. The zero-order valence-corrected chi connectivity index (χ0v) is 13.0. The molecule has 2 rings (SSSR count).